The Hall–Kier alpha value is -1.63. The molecule has 7 heteroatoms. The van der Waals surface area contributed by atoms with Gasteiger partial charge in [-0.2, -0.15) is 0 Å². The van der Waals surface area contributed by atoms with Gasteiger partial charge < -0.3 is 20.9 Å². The van der Waals surface area contributed by atoms with Gasteiger partial charge in [-0.3, -0.25) is 14.4 Å². The highest BCUT2D eigenvalue weighted by Gasteiger charge is 2.23. The highest BCUT2D eigenvalue weighted by Crippen LogP contribution is 1.97. The summed E-state index contributed by atoms with van der Waals surface area (Å²) in [6.07, 6.45) is 0. The third-order valence-corrected chi connectivity index (χ3v) is 2.52. The van der Waals surface area contributed by atoms with Crippen molar-refractivity contribution in [3.63, 3.8) is 0 Å². The van der Waals surface area contributed by atoms with Crippen LogP contribution < -0.4 is 16.0 Å². The number of amides is 3. The van der Waals surface area contributed by atoms with Gasteiger partial charge in [0.05, 0.1) is 6.54 Å². The van der Waals surface area contributed by atoms with Crippen molar-refractivity contribution in [2.75, 3.05) is 32.7 Å². The molecular weight excluding hydrogens is 248 g/mol. The summed E-state index contributed by atoms with van der Waals surface area (Å²) in [5.41, 5.74) is -0.357. The molecule has 1 rings (SSSR count). The van der Waals surface area contributed by atoms with Crippen LogP contribution in [-0.2, 0) is 14.4 Å². The number of carbonyl (C=O) groups excluding carboxylic acids is 3. The molecule has 1 aliphatic rings. The van der Waals surface area contributed by atoms with Crippen LogP contribution in [0.1, 0.15) is 20.8 Å². The molecule has 3 amide bonds. The fraction of sp³-hybridized carbons (Fsp3) is 0.750. The Morgan fingerprint density at radius 3 is 2.26 bits per heavy atom. The van der Waals surface area contributed by atoms with Crippen LogP contribution in [0.2, 0.25) is 0 Å². The number of hydrogen-bond acceptors (Lipinski definition) is 4. The Morgan fingerprint density at radius 2 is 1.74 bits per heavy atom. The van der Waals surface area contributed by atoms with E-state index >= 15 is 0 Å². The highest BCUT2D eigenvalue weighted by molar-refractivity contribution is 6.35. The third-order valence-electron chi connectivity index (χ3n) is 2.52. The number of nitrogens with one attached hydrogen (secondary N) is 3. The lowest BCUT2D eigenvalue weighted by Gasteiger charge is -2.26. The first-order chi connectivity index (χ1) is 8.79. The van der Waals surface area contributed by atoms with E-state index < -0.39 is 11.8 Å². The average molecular weight is 270 g/mol. The first-order valence-corrected chi connectivity index (χ1v) is 6.38. The molecule has 0 unspecified atom stereocenters. The van der Waals surface area contributed by atoms with Crippen molar-refractivity contribution < 1.29 is 14.4 Å². The van der Waals surface area contributed by atoms with Gasteiger partial charge in [0.1, 0.15) is 0 Å². The minimum Gasteiger partial charge on any atom is -0.350 e. The predicted octanol–water partition coefficient (Wildman–Crippen LogP) is -1.55. The maximum absolute atomic E-state index is 11.8. The molecule has 1 aliphatic heterocycles. The lowest BCUT2D eigenvalue weighted by Crippen LogP contribution is -2.53. The van der Waals surface area contributed by atoms with Gasteiger partial charge in [-0.05, 0) is 20.8 Å². The smallest absolute Gasteiger partial charge is 0.311 e. The fourth-order valence-electron chi connectivity index (χ4n) is 1.71. The Bertz CT molecular complexity index is 356. The summed E-state index contributed by atoms with van der Waals surface area (Å²) in [7, 11) is 0. The van der Waals surface area contributed by atoms with Crippen molar-refractivity contribution in [2.24, 2.45) is 0 Å². The van der Waals surface area contributed by atoms with E-state index in [9.17, 15) is 14.4 Å². The lowest BCUT2D eigenvalue weighted by molar-refractivity contribution is -0.146. The monoisotopic (exact) mass is 270 g/mol. The molecular formula is C12H22N4O3. The van der Waals surface area contributed by atoms with Gasteiger partial charge in [0.15, 0.2) is 0 Å². The molecule has 0 aromatic rings. The molecule has 3 N–H and O–H groups in total. The Kier molecular flexibility index (Phi) is 5.29. The second kappa shape index (κ2) is 6.51. The second-order valence-corrected chi connectivity index (χ2v) is 5.52. The van der Waals surface area contributed by atoms with Crippen molar-refractivity contribution in [3.05, 3.63) is 0 Å². The van der Waals surface area contributed by atoms with Gasteiger partial charge in [0, 0.05) is 31.7 Å². The van der Waals surface area contributed by atoms with Crippen molar-refractivity contribution in [2.45, 2.75) is 26.3 Å². The van der Waals surface area contributed by atoms with E-state index in [1.807, 2.05) is 20.8 Å². The van der Waals surface area contributed by atoms with Crippen LogP contribution in [0.4, 0.5) is 0 Å². The van der Waals surface area contributed by atoms with Crippen molar-refractivity contribution >= 4 is 17.7 Å². The van der Waals surface area contributed by atoms with Gasteiger partial charge >= 0.3 is 11.8 Å². The molecule has 1 saturated heterocycles. The molecule has 1 heterocycles. The number of nitrogens with zero attached hydrogens (tertiary/aromatic N) is 1. The maximum atomic E-state index is 11.8. The zero-order valence-electron chi connectivity index (χ0n) is 11.7. The summed E-state index contributed by atoms with van der Waals surface area (Å²) in [5, 5.41) is 8.14. The van der Waals surface area contributed by atoms with Crippen molar-refractivity contribution in [1.29, 1.82) is 0 Å². The Labute approximate surface area is 113 Å². The number of piperazine rings is 1. The predicted molar refractivity (Wildman–Crippen MR) is 70.4 cm³/mol. The molecule has 108 valence electrons. The normalized spacial score (nSPS) is 15.8. The van der Waals surface area contributed by atoms with E-state index in [0.29, 0.717) is 26.2 Å². The van der Waals surface area contributed by atoms with Gasteiger partial charge in [0.25, 0.3) is 0 Å². The maximum Gasteiger partial charge on any atom is 0.311 e. The minimum atomic E-state index is -0.731. The van der Waals surface area contributed by atoms with Crippen LogP contribution in [0.15, 0.2) is 0 Å². The van der Waals surface area contributed by atoms with Crippen LogP contribution in [-0.4, -0.2) is 60.9 Å². The van der Waals surface area contributed by atoms with Crippen LogP contribution in [0.25, 0.3) is 0 Å². The number of hydrogen-bond donors (Lipinski definition) is 3. The Morgan fingerprint density at radius 1 is 1.16 bits per heavy atom. The molecule has 7 nitrogen and oxygen atoms in total. The first-order valence-electron chi connectivity index (χ1n) is 6.38. The van der Waals surface area contributed by atoms with Crippen molar-refractivity contribution in [1.82, 2.24) is 20.9 Å². The van der Waals surface area contributed by atoms with E-state index in [-0.39, 0.29) is 18.0 Å². The topological polar surface area (TPSA) is 90.5 Å². The zero-order valence-corrected chi connectivity index (χ0v) is 11.7. The van der Waals surface area contributed by atoms with E-state index in [4.69, 9.17) is 0 Å². The second-order valence-electron chi connectivity index (χ2n) is 5.52. The summed E-state index contributed by atoms with van der Waals surface area (Å²) >= 11 is 0. The molecule has 0 atom stereocenters. The van der Waals surface area contributed by atoms with E-state index in [1.54, 1.807) is 0 Å². The van der Waals surface area contributed by atoms with E-state index in [0.717, 1.165) is 0 Å². The molecule has 0 radical (unpaired) electrons. The molecule has 1 fully saturated rings. The molecule has 19 heavy (non-hydrogen) atoms. The summed E-state index contributed by atoms with van der Waals surface area (Å²) in [6.45, 7) is 7.75. The number of rotatable bonds is 2. The Balaban J connectivity index is 2.34. The van der Waals surface area contributed by atoms with Gasteiger partial charge in [0.2, 0.25) is 5.91 Å². The van der Waals surface area contributed by atoms with E-state index in [2.05, 4.69) is 16.0 Å². The van der Waals surface area contributed by atoms with Crippen LogP contribution in [0.3, 0.4) is 0 Å². The molecule has 0 spiro atoms. The SMILES string of the molecule is CC(C)(C)NC(=O)CNC(=O)C(=O)N1CCNCC1. The summed E-state index contributed by atoms with van der Waals surface area (Å²) < 4.78 is 0. The summed E-state index contributed by atoms with van der Waals surface area (Å²) in [6, 6.07) is 0. The molecule has 0 bridgehead atoms. The summed E-state index contributed by atoms with van der Waals surface area (Å²) in [4.78, 5) is 36.3. The highest BCUT2D eigenvalue weighted by atomic mass is 16.2. The molecule has 0 aromatic heterocycles. The van der Waals surface area contributed by atoms with Gasteiger partial charge in [-0.25, -0.2) is 0 Å². The van der Waals surface area contributed by atoms with Crippen LogP contribution in [0, 0.1) is 0 Å². The van der Waals surface area contributed by atoms with Crippen molar-refractivity contribution in [3.8, 4) is 0 Å². The first kappa shape index (κ1) is 15.4. The van der Waals surface area contributed by atoms with Crippen LogP contribution in [0.5, 0.6) is 0 Å². The third kappa shape index (κ3) is 5.69. The average Bonchev–Trinajstić information content (AvgIpc) is 2.34. The quantitative estimate of drug-likeness (QED) is 0.530. The molecule has 0 saturated carbocycles. The minimum absolute atomic E-state index is 0.187. The zero-order chi connectivity index (χ0) is 14.5. The van der Waals surface area contributed by atoms with Crippen LogP contribution >= 0.6 is 0 Å². The molecule has 0 aliphatic carbocycles. The molecule has 0 aromatic carbocycles. The standard InChI is InChI=1S/C12H22N4O3/c1-12(2,3)15-9(17)8-14-10(18)11(19)16-6-4-13-5-7-16/h13H,4-8H2,1-3H3,(H,14,18)(H,15,17). The lowest BCUT2D eigenvalue weighted by atomic mass is 10.1. The van der Waals surface area contributed by atoms with Gasteiger partial charge in [-0.15, -0.1) is 0 Å². The number of carbonyl (C=O) groups is 3. The summed E-state index contributed by atoms with van der Waals surface area (Å²) in [5.74, 6) is -1.62. The largest absolute Gasteiger partial charge is 0.350 e. The van der Waals surface area contributed by atoms with E-state index in [1.165, 1.54) is 4.90 Å². The fourth-order valence-corrected chi connectivity index (χ4v) is 1.71. The van der Waals surface area contributed by atoms with Gasteiger partial charge in [-0.1, -0.05) is 0 Å².